The van der Waals surface area contributed by atoms with Crippen molar-refractivity contribution in [2.75, 3.05) is 26.7 Å². The number of rotatable bonds is 8. The third-order valence-electron chi connectivity index (χ3n) is 2.41. The molecule has 0 aliphatic carbocycles. The highest BCUT2D eigenvalue weighted by atomic mass is 35.5. The summed E-state index contributed by atoms with van der Waals surface area (Å²) in [5.74, 6) is 0. The predicted octanol–water partition coefficient (Wildman–Crippen LogP) is 3.02. The van der Waals surface area contributed by atoms with Crippen molar-refractivity contribution >= 4 is 23.2 Å². The molecule has 0 heterocycles. The first kappa shape index (κ1) is 15.2. The van der Waals surface area contributed by atoms with E-state index in [9.17, 15) is 0 Å². The second-order valence-electron chi connectivity index (χ2n) is 4.01. The summed E-state index contributed by atoms with van der Waals surface area (Å²) in [5.41, 5.74) is 1.40. The van der Waals surface area contributed by atoms with Crippen molar-refractivity contribution < 1.29 is 0 Å². The van der Waals surface area contributed by atoms with Crippen molar-refractivity contribution in [3.05, 3.63) is 10.6 Å². The zero-order chi connectivity index (χ0) is 11.7. The molecule has 1 N–H and O–H groups in total. The van der Waals surface area contributed by atoms with Crippen LogP contribution < -0.4 is 5.32 Å². The van der Waals surface area contributed by atoms with E-state index < -0.39 is 0 Å². The first-order valence-corrected chi connectivity index (χ1v) is 6.25. The third kappa shape index (κ3) is 9.19. The number of unbranched alkanes of at least 4 members (excludes halogenated alkanes) is 1. The second-order valence-corrected chi connectivity index (χ2v) is 4.72. The van der Waals surface area contributed by atoms with E-state index >= 15 is 0 Å². The number of nitrogens with one attached hydrogen (secondary N) is 1. The Bertz CT molecular complexity index is 181. The van der Waals surface area contributed by atoms with E-state index in [1.54, 1.807) is 0 Å². The third-order valence-corrected chi connectivity index (χ3v) is 3.03. The maximum atomic E-state index is 5.73. The van der Waals surface area contributed by atoms with Gasteiger partial charge in [0.15, 0.2) is 0 Å². The Labute approximate surface area is 104 Å². The summed E-state index contributed by atoms with van der Waals surface area (Å²) in [6.45, 7) is 7.24. The molecular weight excluding hydrogens is 231 g/mol. The Morgan fingerprint density at radius 3 is 2.60 bits per heavy atom. The van der Waals surface area contributed by atoms with Crippen molar-refractivity contribution in [2.45, 2.75) is 32.7 Å². The molecule has 0 aromatic carbocycles. The molecule has 0 saturated carbocycles. The van der Waals surface area contributed by atoms with E-state index in [0.29, 0.717) is 17.6 Å². The topological polar surface area (TPSA) is 15.3 Å². The van der Waals surface area contributed by atoms with E-state index in [4.69, 9.17) is 23.2 Å². The molecule has 4 heteroatoms. The van der Waals surface area contributed by atoms with Crippen LogP contribution in [0.1, 0.15) is 26.7 Å². The van der Waals surface area contributed by atoms with Crippen molar-refractivity contribution in [1.82, 2.24) is 10.2 Å². The number of halogens is 2. The van der Waals surface area contributed by atoms with Gasteiger partial charge in [-0.15, -0.1) is 0 Å². The number of nitrogens with zero attached hydrogens (tertiary/aromatic N) is 1. The normalized spacial score (nSPS) is 12.9. The monoisotopic (exact) mass is 252 g/mol. The minimum atomic E-state index is 0.631. The first-order chi connectivity index (χ1) is 7.07. The first-order valence-electron chi connectivity index (χ1n) is 5.43. The molecular formula is C11H22Cl2N2. The van der Waals surface area contributed by atoms with E-state index in [1.165, 1.54) is 18.4 Å². The van der Waals surface area contributed by atoms with Crippen molar-refractivity contribution in [2.24, 2.45) is 0 Å². The standard InChI is InChI=1S/C11H22Cl2N2/c1-10(2)15(3)7-5-4-6-14-9-11(13)8-12/h8,10,14H,4-7,9H2,1-3H3. The lowest BCUT2D eigenvalue weighted by molar-refractivity contribution is 0.268. The van der Waals surface area contributed by atoms with Crippen LogP contribution in [-0.2, 0) is 0 Å². The molecule has 0 amide bonds. The Hall–Kier alpha value is 0.240. The molecule has 0 aromatic rings. The van der Waals surface area contributed by atoms with Gasteiger partial charge in [-0.05, 0) is 46.8 Å². The average Bonchev–Trinajstić information content (AvgIpc) is 2.22. The van der Waals surface area contributed by atoms with Gasteiger partial charge in [-0.2, -0.15) is 0 Å². The van der Waals surface area contributed by atoms with Gasteiger partial charge in [-0.25, -0.2) is 0 Å². The smallest absolute Gasteiger partial charge is 0.0431 e. The van der Waals surface area contributed by atoms with Crippen LogP contribution in [0.5, 0.6) is 0 Å². The molecule has 0 unspecified atom stereocenters. The Morgan fingerprint density at radius 2 is 2.07 bits per heavy atom. The SMILES string of the molecule is CC(C)N(C)CCCCNCC(Cl)=CCl. The zero-order valence-electron chi connectivity index (χ0n) is 9.89. The van der Waals surface area contributed by atoms with Gasteiger partial charge >= 0.3 is 0 Å². The molecule has 90 valence electrons. The highest BCUT2D eigenvalue weighted by Gasteiger charge is 2.01. The molecule has 0 aromatic heterocycles. The van der Waals surface area contributed by atoms with Gasteiger partial charge < -0.3 is 10.2 Å². The maximum absolute atomic E-state index is 5.73. The molecule has 0 aliphatic rings. The average molecular weight is 253 g/mol. The summed E-state index contributed by atoms with van der Waals surface area (Å²) in [4.78, 5) is 2.35. The van der Waals surface area contributed by atoms with Gasteiger partial charge in [0, 0.05) is 23.2 Å². The van der Waals surface area contributed by atoms with E-state index in [-0.39, 0.29) is 0 Å². The lowest BCUT2D eigenvalue weighted by Crippen LogP contribution is -2.28. The van der Waals surface area contributed by atoms with Crippen LogP contribution in [0.25, 0.3) is 0 Å². The van der Waals surface area contributed by atoms with Gasteiger partial charge in [0.2, 0.25) is 0 Å². The molecule has 0 bridgehead atoms. The molecule has 15 heavy (non-hydrogen) atoms. The van der Waals surface area contributed by atoms with Crippen molar-refractivity contribution in [1.29, 1.82) is 0 Å². The lowest BCUT2D eigenvalue weighted by atomic mass is 10.2. The van der Waals surface area contributed by atoms with Gasteiger partial charge in [0.1, 0.15) is 0 Å². The molecule has 0 rings (SSSR count). The highest BCUT2D eigenvalue weighted by Crippen LogP contribution is 2.01. The fourth-order valence-corrected chi connectivity index (χ4v) is 1.29. The van der Waals surface area contributed by atoms with Crippen LogP contribution in [-0.4, -0.2) is 37.6 Å². The van der Waals surface area contributed by atoms with Crippen LogP contribution in [0, 0.1) is 0 Å². The van der Waals surface area contributed by atoms with Gasteiger partial charge in [0.05, 0.1) is 0 Å². The highest BCUT2D eigenvalue weighted by molar-refractivity contribution is 6.36. The lowest BCUT2D eigenvalue weighted by Gasteiger charge is -2.20. The summed E-state index contributed by atoms with van der Waals surface area (Å²) < 4.78 is 0. The number of hydrogen-bond acceptors (Lipinski definition) is 2. The Morgan fingerprint density at radius 1 is 1.40 bits per heavy atom. The fraction of sp³-hybridized carbons (Fsp3) is 0.818. The largest absolute Gasteiger partial charge is 0.312 e. The molecule has 0 spiro atoms. The van der Waals surface area contributed by atoms with Crippen molar-refractivity contribution in [3.8, 4) is 0 Å². The van der Waals surface area contributed by atoms with Gasteiger partial charge in [0.25, 0.3) is 0 Å². The zero-order valence-corrected chi connectivity index (χ0v) is 11.4. The molecule has 0 saturated heterocycles. The van der Waals surface area contributed by atoms with Crippen LogP contribution >= 0.6 is 23.2 Å². The summed E-state index contributed by atoms with van der Waals surface area (Å²) in [6, 6.07) is 0.631. The van der Waals surface area contributed by atoms with Crippen LogP contribution in [0.3, 0.4) is 0 Å². The fourth-order valence-electron chi connectivity index (χ4n) is 1.12. The Balaban J connectivity index is 3.25. The summed E-state index contributed by atoms with van der Waals surface area (Å²) >= 11 is 11.2. The minimum Gasteiger partial charge on any atom is -0.312 e. The molecule has 2 nitrogen and oxygen atoms in total. The summed E-state index contributed by atoms with van der Waals surface area (Å²) in [5, 5.41) is 3.90. The molecule has 0 atom stereocenters. The summed E-state index contributed by atoms with van der Waals surface area (Å²) in [6.07, 6.45) is 2.38. The van der Waals surface area contributed by atoms with Gasteiger partial charge in [-0.1, -0.05) is 23.2 Å². The van der Waals surface area contributed by atoms with Crippen LogP contribution in [0.4, 0.5) is 0 Å². The molecule has 0 fully saturated rings. The van der Waals surface area contributed by atoms with Crippen LogP contribution in [0.15, 0.2) is 10.6 Å². The summed E-state index contributed by atoms with van der Waals surface area (Å²) in [7, 11) is 2.16. The van der Waals surface area contributed by atoms with Crippen molar-refractivity contribution in [3.63, 3.8) is 0 Å². The maximum Gasteiger partial charge on any atom is 0.0431 e. The number of hydrogen-bond donors (Lipinski definition) is 1. The van der Waals surface area contributed by atoms with Crippen LogP contribution in [0.2, 0.25) is 0 Å². The molecule has 0 radical (unpaired) electrons. The second kappa shape index (κ2) is 9.46. The van der Waals surface area contributed by atoms with E-state index in [2.05, 4.69) is 31.1 Å². The quantitative estimate of drug-likeness (QED) is 0.669. The Kier molecular flexibility index (Phi) is 9.62. The molecule has 0 aliphatic heterocycles. The van der Waals surface area contributed by atoms with Gasteiger partial charge in [-0.3, -0.25) is 0 Å². The van der Waals surface area contributed by atoms with E-state index in [0.717, 1.165) is 13.1 Å². The van der Waals surface area contributed by atoms with E-state index in [1.807, 2.05) is 0 Å². The minimum absolute atomic E-state index is 0.631. The predicted molar refractivity (Wildman–Crippen MR) is 69.7 cm³/mol.